The van der Waals surface area contributed by atoms with E-state index in [1.54, 1.807) is 0 Å². The monoisotopic (exact) mass is 763 g/mol. The molecule has 1 aromatic heterocycles. The van der Waals surface area contributed by atoms with Crippen molar-refractivity contribution < 1.29 is 4.42 Å². The first-order valence-corrected chi connectivity index (χ1v) is 20.6. The fourth-order valence-electron chi connectivity index (χ4n) is 9.34. The summed E-state index contributed by atoms with van der Waals surface area (Å²) in [6.45, 7) is 0. The Labute approximate surface area is 347 Å². The van der Waals surface area contributed by atoms with Gasteiger partial charge >= 0.3 is 0 Å². The summed E-state index contributed by atoms with van der Waals surface area (Å²) in [5.41, 5.74) is 12.2. The molecule has 0 radical (unpaired) electrons. The van der Waals surface area contributed by atoms with Crippen LogP contribution >= 0.6 is 0 Å². The smallest absolute Gasteiger partial charge is 0.143 e. The van der Waals surface area contributed by atoms with E-state index in [9.17, 15) is 0 Å². The van der Waals surface area contributed by atoms with Gasteiger partial charge in [0.15, 0.2) is 0 Å². The Kier molecular flexibility index (Phi) is 7.89. The van der Waals surface area contributed by atoms with Crippen LogP contribution < -0.4 is 4.90 Å². The molecule has 0 saturated carbocycles. The molecule has 2 heteroatoms. The second-order valence-corrected chi connectivity index (χ2v) is 15.7. The van der Waals surface area contributed by atoms with E-state index in [0.29, 0.717) is 0 Å². The highest BCUT2D eigenvalue weighted by Crippen LogP contribution is 2.46. The van der Waals surface area contributed by atoms with Crippen LogP contribution in [0.1, 0.15) is 0 Å². The highest BCUT2D eigenvalue weighted by molar-refractivity contribution is 6.16. The second kappa shape index (κ2) is 13.9. The highest BCUT2D eigenvalue weighted by atomic mass is 16.3. The van der Waals surface area contributed by atoms with Gasteiger partial charge in [-0.15, -0.1) is 0 Å². The van der Waals surface area contributed by atoms with Crippen LogP contribution in [0.3, 0.4) is 0 Å². The summed E-state index contributed by atoms with van der Waals surface area (Å²) in [6.07, 6.45) is 0. The van der Waals surface area contributed by atoms with Crippen molar-refractivity contribution in [2.45, 2.75) is 0 Å². The molecule has 12 aromatic rings. The minimum absolute atomic E-state index is 0.890. The molecular formula is C58H37NO. The molecule has 280 valence electrons. The molecule has 1 heterocycles. The van der Waals surface area contributed by atoms with Gasteiger partial charge in [0.05, 0.1) is 0 Å². The lowest BCUT2D eigenvalue weighted by Crippen LogP contribution is -2.11. The molecule has 0 amide bonds. The summed E-state index contributed by atoms with van der Waals surface area (Å²) in [5.74, 6) is 0. The topological polar surface area (TPSA) is 16.4 Å². The summed E-state index contributed by atoms with van der Waals surface area (Å²) in [6, 6.07) is 81.6. The van der Waals surface area contributed by atoms with Crippen LogP contribution in [0.5, 0.6) is 0 Å². The average Bonchev–Trinajstić information content (AvgIpc) is 3.70. The van der Waals surface area contributed by atoms with Crippen molar-refractivity contribution in [3.63, 3.8) is 0 Å². The molecule has 0 unspecified atom stereocenters. The van der Waals surface area contributed by atoms with Gasteiger partial charge in [0.25, 0.3) is 0 Å². The lowest BCUT2D eigenvalue weighted by atomic mass is 9.93. The number of furan rings is 1. The third kappa shape index (κ3) is 5.65. The largest absolute Gasteiger partial charge is 0.455 e. The van der Waals surface area contributed by atoms with Crippen LogP contribution in [-0.4, -0.2) is 0 Å². The van der Waals surface area contributed by atoms with Crippen molar-refractivity contribution in [3.05, 3.63) is 224 Å². The summed E-state index contributed by atoms with van der Waals surface area (Å²) in [5, 5.41) is 11.7. The van der Waals surface area contributed by atoms with Gasteiger partial charge in [-0.25, -0.2) is 0 Å². The quantitative estimate of drug-likeness (QED) is 0.168. The van der Waals surface area contributed by atoms with E-state index < -0.39 is 0 Å². The van der Waals surface area contributed by atoms with Gasteiger partial charge < -0.3 is 9.32 Å². The Balaban J connectivity index is 1.14. The Hall–Kier alpha value is -7.94. The first-order valence-electron chi connectivity index (χ1n) is 20.6. The highest BCUT2D eigenvalue weighted by Gasteiger charge is 2.21. The molecule has 0 spiro atoms. The third-order valence-electron chi connectivity index (χ3n) is 12.2. The Bertz CT molecular complexity index is 3480. The van der Waals surface area contributed by atoms with Crippen molar-refractivity contribution in [2.75, 3.05) is 4.90 Å². The predicted molar refractivity (Wildman–Crippen MR) is 255 cm³/mol. The number of hydrogen-bond donors (Lipinski definition) is 0. The Morgan fingerprint density at radius 1 is 0.267 bits per heavy atom. The Morgan fingerprint density at radius 2 is 0.700 bits per heavy atom. The molecular weight excluding hydrogens is 727 g/mol. The van der Waals surface area contributed by atoms with Crippen molar-refractivity contribution in [1.29, 1.82) is 0 Å². The van der Waals surface area contributed by atoms with Gasteiger partial charge in [-0.1, -0.05) is 170 Å². The van der Waals surface area contributed by atoms with E-state index in [1.807, 2.05) is 0 Å². The molecule has 0 atom stereocenters. The van der Waals surface area contributed by atoms with Crippen LogP contribution in [0.2, 0.25) is 0 Å². The van der Waals surface area contributed by atoms with Crippen molar-refractivity contribution in [2.24, 2.45) is 0 Å². The zero-order chi connectivity index (χ0) is 39.6. The van der Waals surface area contributed by atoms with Crippen LogP contribution in [0.25, 0.3) is 98.4 Å². The number of rotatable bonds is 6. The molecule has 12 rings (SSSR count). The maximum Gasteiger partial charge on any atom is 0.143 e. The molecule has 2 nitrogen and oxygen atoms in total. The predicted octanol–water partition coefficient (Wildman–Crippen LogP) is 16.7. The lowest BCUT2D eigenvalue weighted by Gasteiger charge is -2.29. The molecule has 60 heavy (non-hydrogen) atoms. The van der Waals surface area contributed by atoms with E-state index >= 15 is 0 Å². The van der Waals surface area contributed by atoms with Crippen LogP contribution in [-0.2, 0) is 0 Å². The van der Waals surface area contributed by atoms with Crippen LogP contribution in [0.15, 0.2) is 229 Å². The summed E-state index contributed by atoms with van der Waals surface area (Å²) < 4.78 is 6.58. The van der Waals surface area contributed by atoms with Crippen molar-refractivity contribution in [3.8, 4) is 33.4 Å². The van der Waals surface area contributed by atoms with E-state index in [-0.39, 0.29) is 0 Å². The molecule has 0 aliphatic carbocycles. The third-order valence-corrected chi connectivity index (χ3v) is 12.2. The minimum atomic E-state index is 0.890. The van der Waals surface area contributed by atoms with E-state index in [2.05, 4.69) is 229 Å². The van der Waals surface area contributed by atoms with Gasteiger partial charge in [0.1, 0.15) is 11.2 Å². The Morgan fingerprint density at radius 3 is 1.22 bits per heavy atom. The van der Waals surface area contributed by atoms with Crippen molar-refractivity contribution in [1.82, 2.24) is 0 Å². The van der Waals surface area contributed by atoms with Crippen LogP contribution in [0.4, 0.5) is 17.1 Å². The zero-order valence-corrected chi connectivity index (χ0v) is 32.7. The molecule has 0 N–H and O–H groups in total. The van der Waals surface area contributed by atoms with Gasteiger partial charge in [-0.2, -0.15) is 0 Å². The normalized spacial score (nSPS) is 11.7. The van der Waals surface area contributed by atoms with E-state index in [4.69, 9.17) is 4.42 Å². The number of benzene rings is 11. The number of fused-ring (bicyclic) bond motifs is 8. The maximum absolute atomic E-state index is 6.58. The first-order chi connectivity index (χ1) is 29.7. The first kappa shape index (κ1) is 34.1. The summed E-state index contributed by atoms with van der Waals surface area (Å²) >= 11 is 0. The van der Waals surface area contributed by atoms with E-state index in [1.165, 1.54) is 65.5 Å². The second-order valence-electron chi connectivity index (χ2n) is 15.7. The van der Waals surface area contributed by atoms with Gasteiger partial charge in [-0.05, 0) is 126 Å². The number of hydrogen-bond acceptors (Lipinski definition) is 2. The van der Waals surface area contributed by atoms with Crippen molar-refractivity contribution >= 4 is 82.1 Å². The molecule has 0 aliphatic rings. The summed E-state index contributed by atoms with van der Waals surface area (Å²) in [4.78, 5) is 2.46. The van der Waals surface area contributed by atoms with Crippen LogP contribution in [0, 0.1) is 0 Å². The minimum Gasteiger partial charge on any atom is -0.455 e. The molecule has 0 fully saturated rings. The van der Waals surface area contributed by atoms with Gasteiger partial charge in [-0.3, -0.25) is 0 Å². The summed E-state index contributed by atoms with van der Waals surface area (Å²) in [7, 11) is 0. The molecule has 0 bridgehead atoms. The number of anilines is 3. The molecule has 11 aromatic carbocycles. The zero-order valence-electron chi connectivity index (χ0n) is 32.7. The van der Waals surface area contributed by atoms with Gasteiger partial charge in [0.2, 0.25) is 0 Å². The SMILES string of the molecule is c1ccc(-c2cc(N(c3cc(-c4ccccc4)c4ccccc4c3)c3cc(-c4ccc5oc6c7ccccc7ccc6c5c4)c4ccccc4c3)cc3ccccc23)cc1. The standard InChI is InChI=1S/C58H37NO/c1-3-15-38(16-4-1)53-35-45(31-41-20-8-11-23-48(41)53)59(46-32-42-21-9-12-24-49(42)54(36-46)39-17-5-2-6-18-39)47-33-43-22-10-13-25-50(43)55(37-47)44-28-30-57-56(34-44)52-29-27-40-19-7-14-26-51(40)58(52)60-57/h1-37H. The fourth-order valence-corrected chi connectivity index (χ4v) is 9.34. The fraction of sp³-hybridized carbons (Fsp3) is 0. The molecule has 0 aliphatic heterocycles. The molecule has 0 saturated heterocycles. The number of nitrogens with zero attached hydrogens (tertiary/aromatic N) is 1. The van der Waals surface area contributed by atoms with Gasteiger partial charge in [0, 0.05) is 33.2 Å². The maximum atomic E-state index is 6.58. The lowest BCUT2D eigenvalue weighted by molar-refractivity contribution is 0.672. The van der Waals surface area contributed by atoms with E-state index in [0.717, 1.165) is 50.0 Å². The average molecular weight is 764 g/mol.